The van der Waals surface area contributed by atoms with Gasteiger partial charge in [0, 0.05) is 14.1 Å². The first-order valence-corrected chi connectivity index (χ1v) is 6.78. The van der Waals surface area contributed by atoms with Gasteiger partial charge in [0.05, 0.1) is 24.2 Å². The van der Waals surface area contributed by atoms with Crippen LogP contribution in [-0.2, 0) is 10.9 Å². The predicted molar refractivity (Wildman–Crippen MR) is 76.7 cm³/mol. The van der Waals surface area contributed by atoms with Crippen LogP contribution in [0.15, 0.2) is 4.99 Å². The van der Waals surface area contributed by atoms with Gasteiger partial charge in [0.25, 0.3) is 6.43 Å². The molecule has 0 saturated heterocycles. The third-order valence-corrected chi connectivity index (χ3v) is 2.81. The predicted octanol–water partition coefficient (Wildman–Crippen LogP) is 3.74. The summed E-state index contributed by atoms with van der Waals surface area (Å²) in [7, 11) is 3.09. The molecule has 134 valence electrons. The van der Waals surface area contributed by atoms with E-state index in [-0.39, 0.29) is 12.2 Å². The Labute approximate surface area is 135 Å². The summed E-state index contributed by atoms with van der Waals surface area (Å²) in [6.07, 6.45) is -7.27. The fourth-order valence-electron chi connectivity index (χ4n) is 1.86. The molecule has 1 aromatic rings. The van der Waals surface area contributed by atoms with Crippen molar-refractivity contribution in [2.75, 3.05) is 20.7 Å². The molecule has 1 heterocycles. The molecule has 0 bridgehead atoms. The standard InChI is InChI=1S/C14H16F5N3O2/c1-5-24-13(23)8-7(2)9(20-6-22(3)4)10(12(15)16)21-11(8)14(17,18)19/h6,12H,5H2,1-4H3. The van der Waals surface area contributed by atoms with Crippen molar-refractivity contribution in [3.63, 3.8) is 0 Å². The molecule has 1 aromatic heterocycles. The topological polar surface area (TPSA) is 54.8 Å². The highest BCUT2D eigenvalue weighted by atomic mass is 19.4. The van der Waals surface area contributed by atoms with E-state index < -0.39 is 41.2 Å². The molecule has 0 fully saturated rings. The largest absolute Gasteiger partial charge is 0.462 e. The zero-order chi connectivity index (χ0) is 18.7. The van der Waals surface area contributed by atoms with Crippen molar-refractivity contribution >= 4 is 18.0 Å². The van der Waals surface area contributed by atoms with E-state index in [1.165, 1.54) is 11.8 Å². The number of hydrogen-bond donors (Lipinski definition) is 0. The normalized spacial score (nSPS) is 12.1. The molecular weight excluding hydrogens is 337 g/mol. The molecule has 0 unspecified atom stereocenters. The Hall–Kier alpha value is -2.26. The van der Waals surface area contributed by atoms with E-state index in [4.69, 9.17) is 0 Å². The molecule has 0 spiro atoms. The smallest absolute Gasteiger partial charge is 0.434 e. The SMILES string of the molecule is CCOC(=O)c1c(C(F)(F)F)nc(C(F)F)c(N=CN(C)C)c1C. The number of hydrogen-bond acceptors (Lipinski definition) is 4. The zero-order valence-electron chi connectivity index (χ0n) is 13.4. The fraction of sp³-hybridized carbons (Fsp3) is 0.500. The van der Waals surface area contributed by atoms with Crippen molar-refractivity contribution in [3.8, 4) is 0 Å². The van der Waals surface area contributed by atoms with E-state index in [0.717, 1.165) is 13.3 Å². The average molecular weight is 353 g/mol. The molecule has 1 rings (SSSR count). The van der Waals surface area contributed by atoms with Gasteiger partial charge in [-0.2, -0.15) is 13.2 Å². The lowest BCUT2D eigenvalue weighted by atomic mass is 10.0. The third-order valence-electron chi connectivity index (χ3n) is 2.81. The number of rotatable bonds is 5. The van der Waals surface area contributed by atoms with E-state index in [2.05, 4.69) is 14.7 Å². The Balaban J connectivity index is 3.78. The Morgan fingerprint density at radius 1 is 1.38 bits per heavy atom. The molecule has 0 aromatic carbocycles. The number of aliphatic imine (C=N–C) groups is 1. The third kappa shape index (κ3) is 4.39. The van der Waals surface area contributed by atoms with Crippen molar-refractivity contribution < 1.29 is 31.5 Å². The van der Waals surface area contributed by atoms with Crippen LogP contribution in [0.1, 0.15) is 40.7 Å². The van der Waals surface area contributed by atoms with Gasteiger partial charge in [-0.3, -0.25) is 0 Å². The average Bonchev–Trinajstić information content (AvgIpc) is 2.43. The highest BCUT2D eigenvalue weighted by Gasteiger charge is 2.41. The second kappa shape index (κ2) is 7.54. The van der Waals surface area contributed by atoms with Crippen LogP contribution < -0.4 is 0 Å². The maximum Gasteiger partial charge on any atom is 0.434 e. The Morgan fingerprint density at radius 2 is 1.96 bits per heavy atom. The Bertz CT molecular complexity index is 642. The number of pyridine rings is 1. The quantitative estimate of drug-likeness (QED) is 0.350. The summed E-state index contributed by atoms with van der Waals surface area (Å²) in [6.45, 7) is 2.33. The minimum Gasteiger partial charge on any atom is -0.462 e. The number of nitrogens with zero attached hydrogens (tertiary/aromatic N) is 3. The molecule has 10 heteroatoms. The van der Waals surface area contributed by atoms with E-state index in [1.54, 1.807) is 14.1 Å². The van der Waals surface area contributed by atoms with E-state index in [9.17, 15) is 26.7 Å². The van der Waals surface area contributed by atoms with Gasteiger partial charge in [0.1, 0.15) is 5.69 Å². The molecule has 0 aliphatic carbocycles. The van der Waals surface area contributed by atoms with Gasteiger partial charge in [-0.15, -0.1) is 0 Å². The molecule has 0 radical (unpaired) electrons. The molecule has 24 heavy (non-hydrogen) atoms. The number of ether oxygens (including phenoxy) is 1. The number of carbonyl (C=O) groups is 1. The van der Waals surface area contributed by atoms with Gasteiger partial charge in [0.2, 0.25) is 0 Å². The number of esters is 1. The molecule has 5 nitrogen and oxygen atoms in total. The van der Waals surface area contributed by atoms with Crippen molar-refractivity contribution in [2.45, 2.75) is 26.4 Å². The van der Waals surface area contributed by atoms with Crippen LogP contribution in [0, 0.1) is 6.92 Å². The zero-order valence-corrected chi connectivity index (χ0v) is 13.4. The first-order chi connectivity index (χ1) is 11.0. The summed E-state index contributed by atoms with van der Waals surface area (Å²) in [6, 6.07) is 0. The lowest BCUT2D eigenvalue weighted by Crippen LogP contribution is -2.20. The summed E-state index contributed by atoms with van der Waals surface area (Å²) in [5, 5.41) is 0. The summed E-state index contributed by atoms with van der Waals surface area (Å²) >= 11 is 0. The van der Waals surface area contributed by atoms with E-state index >= 15 is 0 Å². The van der Waals surface area contributed by atoms with Crippen LogP contribution in [0.5, 0.6) is 0 Å². The highest BCUT2D eigenvalue weighted by Crippen LogP contribution is 2.39. The lowest BCUT2D eigenvalue weighted by molar-refractivity contribution is -0.142. The molecule has 0 aliphatic rings. The van der Waals surface area contributed by atoms with Crippen LogP contribution in [0.25, 0.3) is 0 Å². The molecular formula is C14H16F5N3O2. The monoisotopic (exact) mass is 353 g/mol. The summed E-state index contributed by atoms with van der Waals surface area (Å²) in [4.78, 5) is 20.0. The van der Waals surface area contributed by atoms with Crippen molar-refractivity contribution in [1.82, 2.24) is 9.88 Å². The van der Waals surface area contributed by atoms with Gasteiger partial charge < -0.3 is 9.64 Å². The second-order valence-corrected chi connectivity index (χ2v) is 4.92. The molecule has 0 aliphatic heterocycles. The summed E-state index contributed by atoms with van der Waals surface area (Å²) in [5.74, 6) is -1.29. The number of aromatic nitrogens is 1. The van der Waals surface area contributed by atoms with Crippen LogP contribution >= 0.6 is 0 Å². The molecule has 0 saturated carbocycles. The van der Waals surface area contributed by atoms with Crippen LogP contribution in [-0.4, -0.2) is 42.9 Å². The molecule has 0 amide bonds. The Morgan fingerprint density at radius 3 is 2.38 bits per heavy atom. The second-order valence-electron chi connectivity index (χ2n) is 4.92. The van der Waals surface area contributed by atoms with Crippen molar-refractivity contribution in [3.05, 3.63) is 22.5 Å². The van der Waals surface area contributed by atoms with Crippen LogP contribution in [0.4, 0.5) is 27.6 Å². The maximum atomic E-state index is 13.2. The van der Waals surface area contributed by atoms with Gasteiger partial charge in [-0.05, 0) is 19.4 Å². The van der Waals surface area contributed by atoms with E-state index in [0.29, 0.717) is 0 Å². The van der Waals surface area contributed by atoms with Crippen LogP contribution in [0.3, 0.4) is 0 Å². The van der Waals surface area contributed by atoms with Gasteiger partial charge >= 0.3 is 12.1 Å². The van der Waals surface area contributed by atoms with Crippen molar-refractivity contribution in [2.24, 2.45) is 4.99 Å². The number of alkyl halides is 5. The van der Waals surface area contributed by atoms with Gasteiger partial charge in [-0.25, -0.2) is 23.6 Å². The fourth-order valence-corrected chi connectivity index (χ4v) is 1.86. The first kappa shape index (κ1) is 19.8. The number of carbonyl (C=O) groups excluding carboxylic acids is 1. The lowest BCUT2D eigenvalue weighted by Gasteiger charge is -2.18. The van der Waals surface area contributed by atoms with Crippen LogP contribution in [0.2, 0.25) is 0 Å². The summed E-state index contributed by atoms with van der Waals surface area (Å²) in [5.41, 5.74) is -4.64. The Kier molecular flexibility index (Phi) is 6.22. The van der Waals surface area contributed by atoms with Crippen molar-refractivity contribution in [1.29, 1.82) is 0 Å². The van der Waals surface area contributed by atoms with E-state index in [1.807, 2.05) is 0 Å². The maximum absolute atomic E-state index is 13.2. The molecule has 0 atom stereocenters. The number of halogens is 5. The summed E-state index contributed by atoms with van der Waals surface area (Å²) < 4.78 is 70.4. The first-order valence-electron chi connectivity index (χ1n) is 6.78. The molecule has 0 N–H and O–H groups in total. The minimum absolute atomic E-state index is 0.178. The van der Waals surface area contributed by atoms with Gasteiger partial charge in [0.15, 0.2) is 5.69 Å². The highest BCUT2D eigenvalue weighted by molar-refractivity contribution is 5.94. The van der Waals surface area contributed by atoms with Gasteiger partial charge in [-0.1, -0.05) is 0 Å². The minimum atomic E-state index is -5.10.